The molecule has 2 aromatic carbocycles. The molecule has 34 heavy (non-hydrogen) atoms. The van der Waals surface area contributed by atoms with Gasteiger partial charge in [0.2, 0.25) is 0 Å². The Labute approximate surface area is 196 Å². The van der Waals surface area contributed by atoms with Crippen LogP contribution in [0.15, 0.2) is 42.6 Å². The fourth-order valence-corrected chi connectivity index (χ4v) is 4.41. The number of imidazole rings is 1. The number of carbonyl (C=O) groups is 1. The summed E-state index contributed by atoms with van der Waals surface area (Å²) in [6.45, 7) is 3.71. The summed E-state index contributed by atoms with van der Waals surface area (Å²) in [4.78, 5) is 19.8. The first-order chi connectivity index (χ1) is 16.3. The number of carbonyl (C=O) groups excluding carboxylic acids is 1. The Morgan fingerprint density at radius 1 is 1.24 bits per heavy atom. The largest absolute Gasteiger partial charge is 0.347 e. The Kier molecular flexibility index (Phi) is 5.38. The van der Waals surface area contributed by atoms with Gasteiger partial charge in [-0.15, -0.1) is 0 Å². The van der Waals surface area contributed by atoms with Crippen molar-refractivity contribution in [3.63, 3.8) is 0 Å². The van der Waals surface area contributed by atoms with E-state index in [1.165, 1.54) is 12.1 Å². The Morgan fingerprint density at radius 3 is 2.76 bits per heavy atom. The number of nitrogens with zero attached hydrogens (tertiary/aromatic N) is 6. The van der Waals surface area contributed by atoms with E-state index in [9.17, 15) is 9.18 Å². The van der Waals surface area contributed by atoms with Crippen molar-refractivity contribution in [1.82, 2.24) is 29.5 Å². The summed E-state index contributed by atoms with van der Waals surface area (Å²) >= 11 is 0. The average molecular weight is 458 g/mol. The van der Waals surface area contributed by atoms with Gasteiger partial charge < -0.3 is 10.2 Å². The molecule has 0 radical (unpaired) electrons. The molecule has 0 saturated carbocycles. The summed E-state index contributed by atoms with van der Waals surface area (Å²) in [6.07, 6.45) is 2.56. The molecule has 2 aromatic heterocycles. The van der Waals surface area contributed by atoms with Crippen molar-refractivity contribution >= 4 is 16.8 Å². The highest BCUT2D eigenvalue weighted by Crippen LogP contribution is 2.28. The Hall–Kier alpha value is -4.03. The highest BCUT2D eigenvalue weighted by molar-refractivity contribution is 5.93. The molecule has 172 valence electrons. The molecule has 1 aliphatic heterocycles. The van der Waals surface area contributed by atoms with Crippen LogP contribution in [0, 0.1) is 24.1 Å². The van der Waals surface area contributed by atoms with Gasteiger partial charge in [-0.25, -0.2) is 9.37 Å². The van der Waals surface area contributed by atoms with E-state index in [2.05, 4.69) is 20.3 Å². The molecule has 4 aromatic rings. The first-order valence-electron chi connectivity index (χ1n) is 11.1. The molecule has 1 N–H and O–H groups in total. The van der Waals surface area contributed by atoms with Gasteiger partial charge in [-0.1, -0.05) is 0 Å². The van der Waals surface area contributed by atoms with Crippen molar-refractivity contribution in [2.75, 3.05) is 20.1 Å². The zero-order chi connectivity index (χ0) is 24.0. The lowest BCUT2D eigenvalue weighted by Crippen LogP contribution is -2.36. The molecule has 1 unspecified atom stereocenters. The van der Waals surface area contributed by atoms with E-state index in [1.54, 1.807) is 16.8 Å². The molecule has 8 nitrogen and oxygen atoms in total. The monoisotopic (exact) mass is 457 g/mol. The molecular formula is C25H24FN7O. The second kappa shape index (κ2) is 8.39. The number of fused-ring (bicyclic) bond motifs is 1. The number of likely N-dealkylation sites (tertiary alicyclic amines) is 1. The van der Waals surface area contributed by atoms with Gasteiger partial charge in [-0.05, 0) is 63.3 Å². The normalized spacial score (nSPS) is 16.1. The third-order valence-corrected chi connectivity index (χ3v) is 6.40. The highest BCUT2D eigenvalue weighted by Gasteiger charge is 2.24. The molecule has 5 rings (SSSR count). The lowest BCUT2D eigenvalue weighted by Gasteiger charge is -2.11. The van der Waals surface area contributed by atoms with Crippen molar-refractivity contribution in [3.8, 4) is 23.1 Å². The van der Waals surface area contributed by atoms with E-state index in [0.717, 1.165) is 41.8 Å². The molecule has 0 aliphatic carbocycles. The number of halogens is 1. The number of benzene rings is 2. The average Bonchev–Trinajstić information content (AvgIpc) is 3.51. The van der Waals surface area contributed by atoms with Crippen LogP contribution < -0.4 is 5.32 Å². The van der Waals surface area contributed by atoms with Crippen molar-refractivity contribution < 1.29 is 9.18 Å². The van der Waals surface area contributed by atoms with E-state index in [4.69, 9.17) is 5.26 Å². The molecule has 3 heterocycles. The summed E-state index contributed by atoms with van der Waals surface area (Å²) in [7, 11) is 3.91. The van der Waals surface area contributed by atoms with Crippen molar-refractivity contribution in [2.24, 2.45) is 7.05 Å². The fourth-order valence-electron chi connectivity index (χ4n) is 4.41. The number of aryl methyl sites for hydroxylation is 2. The molecule has 9 heteroatoms. The number of likely N-dealkylation sites (N-methyl/N-ethyl adjacent to an activating group) is 1. The maximum atomic E-state index is 14.5. The van der Waals surface area contributed by atoms with Gasteiger partial charge in [0.1, 0.15) is 23.4 Å². The van der Waals surface area contributed by atoms with Crippen molar-refractivity contribution in [2.45, 2.75) is 19.4 Å². The molecule has 1 amide bonds. The fraction of sp³-hybridized carbons (Fsp3) is 0.280. The molecule has 1 fully saturated rings. The summed E-state index contributed by atoms with van der Waals surface area (Å²) in [6, 6.07) is 12.0. The topological polar surface area (TPSA) is 91.8 Å². The molecule has 1 saturated heterocycles. The van der Waals surface area contributed by atoms with Crippen molar-refractivity contribution in [3.05, 3.63) is 65.4 Å². The Morgan fingerprint density at radius 2 is 2.06 bits per heavy atom. The molecular weight excluding hydrogens is 433 g/mol. The van der Waals surface area contributed by atoms with Gasteiger partial charge in [-0.3, -0.25) is 14.0 Å². The second-order valence-electron chi connectivity index (χ2n) is 8.76. The summed E-state index contributed by atoms with van der Waals surface area (Å²) < 4.78 is 18.0. The van der Waals surface area contributed by atoms with E-state index in [-0.39, 0.29) is 23.2 Å². The van der Waals surface area contributed by atoms with Crippen molar-refractivity contribution in [1.29, 1.82) is 5.26 Å². The summed E-state index contributed by atoms with van der Waals surface area (Å²) in [5.74, 6) is -0.487. The third kappa shape index (κ3) is 3.82. The zero-order valence-electron chi connectivity index (χ0n) is 19.2. The van der Waals surface area contributed by atoms with Crippen LogP contribution in [0.4, 0.5) is 4.39 Å². The smallest absolute Gasteiger partial charge is 0.271 e. The number of aromatic nitrogens is 4. The molecule has 0 spiro atoms. The van der Waals surface area contributed by atoms with E-state index >= 15 is 0 Å². The summed E-state index contributed by atoms with van der Waals surface area (Å²) in [5, 5.41) is 17.6. The SMILES string of the molecule is Cc1c2cc(-n3cc(C(=O)NC4CCN(C)C4)nc3-c3ccc(C#N)c(F)c3)ccc2nn1C. The van der Waals surface area contributed by atoms with Crippen LogP contribution in [0.3, 0.4) is 0 Å². The number of nitrogens with one attached hydrogen (secondary N) is 1. The van der Waals surface area contributed by atoms with Gasteiger partial charge in [-0.2, -0.15) is 10.4 Å². The van der Waals surface area contributed by atoms with E-state index < -0.39 is 5.82 Å². The lowest BCUT2D eigenvalue weighted by molar-refractivity contribution is 0.0934. The van der Waals surface area contributed by atoms with Gasteiger partial charge >= 0.3 is 0 Å². The zero-order valence-corrected chi connectivity index (χ0v) is 19.2. The predicted octanol–water partition coefficient (Wildman–Crippen LogP) is 3.18. The van der Waals surface area contributed by atoms with Crippen LogP contribution in [-0.4, -0.2) is 56.3 Å². The maximum Gasteiger partial charge on any atom is 0.271 e. The lowest BCUT2D eigenvalue weighted by atomic mass is 10.1. The first-order valence-corrected chi connectivity index (χ1v) is 11.1. The quantitative estimate of drug-likeness (QED) is 0.508. The highest BCUT2D eigenvalue weighted by atomic mass is 19.1. The first kappa shape index (κ1) is 21.8. The molecule has 1 aliphatic rings. The molecule has 0 bridgehead atoms. The minimum absolute atomic E-state index is 0.0439. The molecule has 1 atom stereocenters. The third-order valence-electron chi connectivity index (χ3n) is 6.40. The Balaban J connectivity index is 1.60. The Bertz CT molecular complexity index is 1460. The van der Waals surface area contributed by atoms with Crippen LogP contribution in [0.2, 0.25) is 0 Å². The minimum atomic E-state index is -0.631. The number of rotatable bonds is 4. The van der Waals surface area contributed by atoms with Gasteiger partial charge in [0.15, 0.2) is 0 Å². The maximum absolute atomic E-state index is 14.5. The van der Waals surface area contributed by atoms with Crippen LogP contribution in [0.1, 0.15) is 28.2 Å². The second-order valence-corrected chi connectivity index (χ2v) is 8.76. The predicted molar refractivity (Wildman–Crippen MR) is 126 cm³/mol. The number of nitriles is 1. The van der Waals surface area contributed by atoms with Crippen LogP contribution in [0.5, 0.6) is 0 Å². The summed E-state index contributed by atoms with van der Waals surface area (Å²) in [5.41, 5.74) is 3.31. The number of hydrogen-bond donors (Lipinski definition) is 1. The number of hydrogen-bond acceptors (Lipinski definition) is 5. The minimum Gasteiger partial charge on any atom is -0.347 e. The number of amides is 1. The van der Waals surface area contributed by atoms with Crippen LogP contribution in [0.25, 0.3) is 28.0 Å². The van der Waals surface area contributed by atoms with Gasteiger partial charge in [0.25, 0.3) is 5.91 Å². The van der Waals surface area contributed by atoms with Crippen LogP contribution in [-0.2, 0) is 7.05 Å². The van der Waals surface area contributed by atoms with Gasteiger partial charge in [0.05, 0.1) is 11.1 Å². The van der Waals surface area contributed by atoms with Gasteiger partial charge in [0, 0.05) is 48.2 Å². The standard InChI is InChI=1S/C25H24FN7O/c1-15-20-11-19(6-7-22(20)30-32(15)3)33-14-23(25(34)28-18-8-9-31(2)13-18)29-24(33)16-4-5-17(12-27)21(26)10-16/h4-7,10-11,14,18H,8-9,13H2,1-3H3,(H,28,34). The van der Waals surface area contributed by atoms with E-state index in [0.29, 0.717) is 11.4 Å². The van der Waals surface area contributed by atoms with Crippen LogP contribution >= 0.6 is 0 Å². The van der Waals surface area contributed by atoms with E-state index in [1.807, 2.05) is 50.0 Å².